The second kappa shape index (κ2) is 4.61. The van der Waals surface area contributed by atoms with Gasteiger partial charge in [0.15, 0.2) is 0 Å². The molecule has 4 heteroatoms. The van der Waals surface area contributed by atoms with Crippen LogP contribution in [0.2, 0.25) is 0 Å². The normalized spacial score (nSPS) is 17.2. The average molecular weight is 244 g/mol. The largest absolute Gasteiger partial charge is 0.331 e. The van der Waals surface area contributed by atoms with E-state index in [1.807, 2.05) is 12.1 Å². The number of rotatable bonds is 2. The lowest BCUT2D eigenvalue weighted by Gasteiger charge is -2.20. The van der Waals surface area contributed by atoms with Crippen LogP contribution in [-0.2, 0) is 7.05 Å². The number of nitrogens with one attached hydrogen (secondary N) is 1. The van der Waals surface area contributed by atoms with Crippen LogP contribution in [0.15, 0.2) is 18.2 Å². The van der Waals surface area contributed by atoms with E-state index in [-0.39, 0.29) is 0 Å². The number of hydrogen-bond acceptors (Lipinski definition) is 3. The average Bonchev–Trinajstić information content (AvgIpc) is 2.76. The van der Waals surface area contributed by atoms with Gasteiger partial charge in [-0.3, -0.25) is 5.84 Å². The fraction of sp³-hybridized carbons (Fsp3) is 0.500. The lowest BCUT2D eigenvalue weighted by Crippen LogP contribution is -2.10. The summed E-state index contributed by atoms with van der Waals surface area (Å²) in [4.78, 5) is 4.81. The molecule has 1 saturated carbocycles. The minimum absolute atomic E-state index is 0.630. The van der Waals surface area contributed by atoms with Crippen molar-refractivity contribution in [2.45, 2.75) is 38.0 Å². The fourth-order valence-electron chi connectivity index (χ4n) is 3.03. The van der Waals surface area contributed by atoms with Crippen LogP contribution in [0.1, 0.15) is 43.8 Å². The molecule has 0 atom stereocenters. The molecule has 1 aromatic carbocycles. The number of aromatic nitrogens is 2. The number of aryl methyl sites for hydroxylation is 1. The van der Waals surface area contributed by atoms with E-state index < -0.39 is 0 Å². The molecule has 3 rings (SSSR count). The molecule has 1 fully saturated rings. The van der Waals surface area contributed by atoms with Crippen molar-refractivity contribution in [2.75, 3.05) is 5.43 Å². The Kier molecular flexibility index (Phi) is 2.96. The zero-order valence-electron chi connectivity index (χ0n) is 10.8. The number of nitrogen functional groups attached to an aromatic ring is 1. The molecule has 96 valence electrons. The van der Waals surface area contributed by atoms with Crippen LogP contribution in [-0.4, -0.2) is 9.55 Å². The first-order valence-corrected chi connectivity index (χ1v) is 6.72. The van der Waals surface area contributed by atoms with Crippen molar-refractivity contribution in [1.82, 2.24) is 9.55 Å². The summed E-state index contributed by atoms with van der Waals surface area (Å²) < 4.78 is 2.24. The van der Waals surface area contributed by atoms with Gasteiger partial charge in [-0.15, -0.1) is 0 Å². The quantitative estimate of drug-likeness (QED) is 0.631. The van der Waals surface area contributed by atoms with Gasteiger partial charge in [-0.25, -0.2) is 4.98 Å². The maximum Gasteiger partial charge on any atom is 0.112 e. The van der Waals surface area contributed by atoms with E-state index in [0.717, 1.165) is 11.2 Å². The van der Waals surface area contributed by atoms with Crippen LogP contribution >= 0.6 is 0 Å². The highest BCUT2D eigenvalue weighted by molar-refractivity contribution is 5.80. The fourth-order valence-corrected chi connectivity index (χ4v) is 3.03. The summed E-state index contributed by atoms with van der Waals surface area (Å²) in [5.41, 5.74) is 5.82. The van der Waals surface area contributed by atoms with Gasteiger partial charge in [0.25, 0.3) is 0 Å². The second-order valence-electron chi connectivity index (χ2n) is 5.21. The Morgan fingerprint density at radius 2 is 2.06 bits per heavy atom. The van der Waals surface area contributed by atoms with Crippen LogP contribution in [0.4, 0.5) is 5.69 Å². The summed E-state index contributed by atoms with van der Waals surface area (Å²) in [6.45, 7) is 0. The van der Waals surface area contributed by atoms with Crippen molar-refractivity contribution >= 4 is 16.7 Å². The van der Waals surface area contributed by atoms with Gasteiger partial charge >= 0.3 is 0 Å². The first-order chi connectivity index (χ1) is 8.79. The Morgan fingerprint density at radius 3 is 2.78 bits per heavy atom. The summed E-state index contributed by atoms with van der Waals surface area (Å²) in [5, 5.41) is 0. The van der Waals surface area contributed by atoms with Crippen molar-refractivity contribution < 1.29 is 0 Å². The van der Waals surface area contributed by atoms with E-state index in [0.29, 0.717) is 5.92 Å². The molecule has 1 aliphatic rings. The molecule has 2 aromatic rings. The van der Waals surface area contributed by atoms with Gasteiger partial charge in [0, 0.05) is 13.0 Å². The maximum absolute atomic E-state index is 5.44. The van der Waals surface area contributed by atoms with Gasteiger partial charge in [0.2, 0.25) is 0 Å². The SMILES string of the molecule is Cn1c(C2CCCCC2)nc2cc(NN)ccc21. The third kappa shape index (κ3) is 1.86. The smallest absolute Gasteiger partial charge is 0.112 e. The molecule has 18 heavy (non-hydrogen) atoms. The zero-order valence-corrected chi connectivity index (χ0v) is 10.8. The van der Waals surface area contributed by atoms with Gasteiger partial charge in [-0.1, -0.05) is 19.3 Å². The molecule has 1 heterocycles. The molecule has 0 amide bonds. The monoisotopic (exact) mass is 244 g/mol. The number of nitrogens with two attached hydrogens (primary N) is 1. The predicted molar refractivity (Wildman–Crippen MR) is 74.4 cm³/mol. The minimum atomic E-state index is 0.630. The molecule has 3 N–H and O–H groups in total. The second-order valence-corrected chi connectivity index (χ2v) is 5.21. The van der Waals surface area contributed by atoms with Crippen molar-refractivity contribution in [1.29, 1.82) is 0 Å². The molecule has 4 nitrogen and oxygen atoms in total. The van der Waals surface area contributed by atoms with Crippen LogP contribution in [0, 0.1) is 0 Å². The number of hydrazine groups is 1. The molecule has 1 aromatic heterocycles. The van der Waals surface area contributed by atoms with Crippen LogP contribution in [0.3, 0.4) is 0 Å². The zero-order chi connectivity index (χ0) is 12.5. The van der Waals surface area contributed by atoms with E-state index in [9.17, 15) is 0 Å². The first-order valence-electron chi connectivity index (χ1n) is 6.72. The van der Waals surface area contributed by atoms with Gasteiger partial charge in [0.1, 0.15) is 5.82 Å². The van der Waals surface area contributed by atoms with Gasteiger partial charge in [0.05, 0.1) is 16.7 Å². The molecular weight excluding hydrogens is 224 g/mol. The molecule has 0 aliphatic heterocycles. The van der Waals surface area contributed by atoms with Crippen LogP contribution < -0.4 is 11.3 Å². The summed E-state index contributed by atoms with van der Waals surface area (Å²) in [6, 6.07) is 6.10. The molecule has 0 spiro atoms. The van der Waals surface area contributed by atoms with Gasteiger partial charge in [-0.2, -0.15) is 0 Å². The van der Waals surface area contributed by atoms with Gasteiger partial charge in [-0.05, 0) is 31.0 Å². The molecule has 0 radical (unpaired) electrons. The third-order valence-corrected chi connectivity index (χ3v) is 4.05. The Bertz CT molecular complexity index is 552. The highest BCUT2D eigenvalue weighted by Crippen LogP contribution is 2.33. The molecule has 1 aliphatic carbocycles. The number of fused-ring (bicyclic) bond motifs is 1. The topological polar surface area (TPSA) is 55.9 Å². The highest BCUT2D eigenvalue weighted by Gasteiger charge is 2.20. The van der Waals surface area contributed by atoms with E-state index in [2.05, 4.69) is 23.1 Å². The highest BCUT2D eigenvalue weighted by atomic mass is 15.2. The van der Waals surface area contributed by atoms with Crippen LogP contribution in [0.5, 0.6) is 0 Å². The van der Waals surface area contributed by atoms with Crippen molar-refractivity contribution in [2.24, 2.45) is 12.9 Å². The van der Waals surface area contributed by atoms with E-state index in [4.69, 9.17) is 10.8 Å². The Hall–Kier alpha value is -1.55. The number of imidazole rings is 1. The van der Waals surface area contributed by atoms with E-state index in [1.165, 1.54) is 43.4 Å². The predicted octanol–water partition coefficient (Wildman–Crippen LogP) is 2.91. The standard InChI is InChI=1S/C14H20N4/c1-18-13-8-7-11(17-15)9-12(13)16-14(18)10-5-3-2-4-6-10/h7-10,17H,2-6,15H2,1H3. The first kappa shape index (κ1) is 11.5. The van der Waals surface area contributed by atoms with E-state index in [1.54, 1.807) is 0 Å². The summed E-state index contributed by atoms with van der Waals surface area (Å²) >= 11 is 0. The maximum atomic E-state index is 5.44. The van der Waals surface area contributed by atoms with Crippen molar-refractivity contribution in [3.05, 3.63) is 24.0 Å². The summed E-state index contributed by atoms with van der Waals surface area (Å²) in [6.07, 6.45) is 6.60. The summed E-state index contributed by atoms with van der Waals surface area (Å²) in [5.74, 6) is 7.31. The molecule has 0 unspecified atom stereocenters. The van der Waals surface area contributed by atoms with Gasteiger partial charge < -0.3 is 9.99 Å². The Morgan fingerprint density at radius 1 is 1.28 bits per heavy atom. The number of nitrogens with zero attached hydrogens (tertiary/aromatic N) is 2. The lowest BCUT2D eigenvalue weighted by molar-refractivity contribution is 0.423. The molecule has 0 bridgehead atoms. The Balaban J connectivity index is 2.04. The lowest BCUT2D eigenvalue weighted by atomic mass is 9.89. The molecule has 0 saturated heterocycles. The van der Waals surface area contributed by atoms with E-state index >= 15 is 0 Å². The minimum Gasteiger partial charge on any atom is -0.331 e. The number of anilines is 1. The van der Waals surface area contributed by atoms with Crippen molar-refractivity contribution in [3.63, 3.8) is 0 Å². The Labute approximate surface area is 107 Å². The number of benzene rings is 1. The summed E-state index contributed by atoms with van der Waals surface area (Å²) in [7, 11) is 2.12. The van der Waals surface area contributed by atoms with Crippen LogP contribution in [0.25, 0.3) is 11.0 Å². The third-order valence-electron chi connectivity index (χ3n) is 4.05. The molecular formula is C14H20N4. The number of hydrogen-bond donors (Lipinski definition) is 2. The van der Waals surface area contributed by atoms with Crippen molar-refractivity contribution in [3.8, 4) is 0 Å².